The van der Waals surface area contributed by atoms with Crippen molar-refractivity contribution in [1.82, 2.24) is 35.2 Å². The van der Waals surface area contributed by atoms with Crippen molar-refractivity contribution in [2.45, 2.75) is 91.5 Å². The Morgan fingerprint density at radius 3 is 2.63 bits per heavy atom. The van der Waals surface area contributed by atoms with Crippen molar-refractivity contribution in [3.05, 3.63) is 52.1 Å². The molecule has 0 spiro atoms. The number of thiazole rings is 1. The zero-order chi connectivity index (χ0) is 40.9. The van der Waals surface area contributed by atoms with Crippen molar-refractivity contribution in [2.24, 2.45) is 17.3 Å². The number of methoxy groups -OCH3 is 1. The molecule has 8 rings (SSSR count). The molecule has 318 valence electrons. The number of rotatable bonds is 7. The van der Waals surface area contributed by atoms with Crippen LogP contribution in [0.4, 0.5) is 5.69 Å². The number of aryl methyl sites for hydroxylation is 1. The van der Waals surface area contributed by atoms with E-state index in [4.69, 9.17) is 19.4 Å². The average Bonchev–Trinajstić information content (AvgIpc) is 3.65. The van der Waals surface area contributed by atoms with Gasteiger partial charge in [0.2, 0.25) is 5.91 Å². The molecule has 1 saturated carbocycles. The molecule has 6 bridgehead atoms. The first-order valence-electron chi connectivity index (χ1n) is 20.9. The topological polar surface area (TPSA) is 166 Å². The highest BCUT2D eigenvalue weighted by Crippen LogP contribution is 2.43. The summed E-state index contributed by atoms with van der Waals surface area (Å²) in [6, 6.07) is 7.34. The minimum atomic E-state index is -0.825. The van der Waals surface area contributed by atoms with E-state index in [0.717, 1.165) is 94.5 Å². The van der Waals surface area contributed by atoms with E-state index in [0.29, 0.717) is 31.7 Å². The van der Waals surface area contributed by atoms with Crippen LogP contribution >= 0.6 is 11.3 Å². The number of nitrogens with zero attached hydrogens (tertiary/aromatic N) is 6. The van der Waals surface area contributed by atoms with E-state index in [1.165, 1.54) is 16.3 Å². The SMILES string of the molecule is CCn1c(-c2cc(N3CCN(C)CC3)cnc2[C@H](C)OC)c2c3cc(ccc31)-c1csc(n1)C[C@H](NC(=O)[C@H]1C[C@@H]1C)C(=O)N1CCC[C@H](N1)C(=O)OCC(C)(C)C2.O. The van der Waals surface area contributed by atoms with E-state index in [9.17, 15) is 14.4 Å². The molecule has 3 fully saturated rings. The minimum absolute atomic E-state index is 0. The van der Waals surface area contributed by atoms with Crippen molar-refractivity contribution in [1.29, 1.82) is 0 Å². The molecule has 4 N–H and O–H groups in total. The molecule has 0 radical (unpaired) electrons. The van der Waals surface area contributed by atoms with Crippen LogP contribution in [-0.2, 0) is 43.2 Å². The van der Waals surface area contributed by atoms with Crippen LogP contribution < -0.4 is 15.6 Å². The normalized spacial score (nSPS) is 24.3. The summed E-state index contributed by atoms with van der Waals surface area (Å²) in [5.41, 5.74) is 10.9. The molecule has 3 aromatic heterocycles. The van der Waals surface area contributed by atoms with Gasteiger partial charge in [-0.15, -0.1) is 11.3 Å². The van der Waals surface area contributed by atoms with Crippen molar-refractivity contribution < 1.29 is 29.3 Å². The first-order chi connectivity index (χ1) is 27.8. The Morgan fingerprint density at radius 2 is 1.92 bits per heavy atom. The van der Waals surface area contributed by atoms with Crippen molar-refractivity contribution in [3.8, 4) is 22.5 Å². The molecule has 4 aliphatic rings. The molecule has 5 atom stereocenters. The Hall–Kier alpha value is -4.41. The maximum absolute atomic E-state index is 14.1. The first-order valence-corrected chi connectivity index (χ1v) is 21.8. The number of benzene rings is 1. The van der Waals surface area contributed by atoms with E-state index < -0.39 is 17.5 Å². The van der Waals surface area contributed by atoms with Gasteiger partial charge in [0.25, 0.3) is 5.91 Å². The van der Waals surface area contributed by atoms with Gasteiger partial charge in [0.1, 0.15) is 12.1 Å². The Bertz CT molecular complexity index is 2190. The van der Waals surface area contributed by atoms with Crippen LogP contribution in [0.2, 0.25) is 0 Å². The van der Waals surface area contributed by atoms with E-state index in [2.05, 4.69) is 77.2 Å². The third-order valence-corrected chi connectivity index (χ3v) is 13.4. The number of hydrogen-bond acceptors (Lipinski definition) is 11. The predicted octanol–water partition coefficient (Wildman–Crippen LogP) is 4.79. The quantitative estimate of drug-likeness (QED) is 0.248. The second-order valence-electron chi connectivity index (χ2n) is 17.6. The lowest BCUT2D eigenvalue weighted by Crippen LogP contribution is -2.60. The summed E-state index contributed by atoms with van der Waals surface area (Å²) in [5.74, 6) is -0.561. The Balaban J connectivity index is 0.00000528. The van der Waals surface area contributed by atoms with Crippen molar-refractivity contribution in [3.63, 3.8) is 0 Å². The largest absolute Gasteiger partial charge is 0.464 e. The van der Waals surface area contributed by atoms with Crippen LogP contribution in [0.3, 0.4) is 0 Å². The fraction of sp³-hybridized carbons (Fsp3) is 0.568. The van der Waals surface area contributed by atoms with Crippen LogP contribution in [-0.4, -0.2) is 113 Å². The Kier molecular flexibility index (Phi) is 12.5. The van der Waals surface area contributed by atoms with Gasteiger partial charge in [0, 0.05) is 91.5 Å². The number of aromatic nitrogens is 3. The maximum Gasteiger partial charge on any atom is 0.324 e. The molecule has 59 heavy (non-hydrogen) atoms. The van der Waals surface area contributed by atoms with Gasteiger partial charge in [-0.25, -0.2) is 10.4 Å². The summed E-state index contributed by atoms with van der Waals surface area (Å²) in [6.07, 6.45) is 4.60. The number of likely N-dealkylation sites (N-methyl/N-ethyl adjacent to an activating group) is 1. The lowest BCUT2D eigenvalue weighted by Gasteiger charge is -2.35. The first kappa shape index (κ1) is 42.7. The maximum atomic E-state index is 14.1. The highest BCUT2D eigenvalue weighted by atomic mass is 32.1. The highest BCUT2D eigenvalue weighted by Gasteiger charge is 2.42. The monoisotopic (exact) mass is 828 g/mol. The number of esters is 1. The lowest BCUT2D eigenvalue weighted by molar-refractivity contribution is -0.155. The number of ether oxygens (including phenoxy) is 2. The van der Waals surface area contributed by atoms with Gasteiger partial charge < -0.3 is 34.6 Å². The number of carbonyl (C=O) groups excluding carboxylic acids is 3. The predicted molar refractivity (Wildman–Crippen MR) is 230 cm³/mol. The molecule has 14 nitrogen and oxygen atoms in total. The van der Waals surface area contributed by atoms with E-state index >= 15 is 0 Å². The molecule has 3 aliphatic heterocycles. The number of hydrogen-bond donors (Lipinski definition) is 2. The molecule has 2 amide bonds. The molecule has 0 unspecified atom stereocenters. The molecule has 2 saturated heterocycles. The number of fused-ring (bicyclic) bond motifs is 6. The van der Waals surface area contributed by atoms with Gasteiger partial charge in [-0.1, -0.05) is 26.8 Å². The number of cyclic esters (lactones) is 1. The van der Waals surface area contributed by atoms with E-state index in [1.54, 1.807) is 7.11 Å². The van der Waals surface area contributed by atoms with Crippen LogP contribution in [0.1, 0.15) is 76.3 Å². The van der Waals surface area contributed by atoms with Crippen LogP contribution in [0, 0.1) is 17.3 Å². The lowest BCUT2D eigenvalue weighted by atomic mass is 9.84. The number of hydrazine groups is 1. The number of anilines is 1. The molecule has 1 aromatic carbocycles. The van der Waals surface area contributed by atoms with Crippen molar-refractivity contribution >= 4 is 45.7 Å². The number of nitrogens with one attached hydrogen (secondary N) is 2. The highest BCUT2D eigenvalue weighted by molar-refractivity contribution is 7.10. The molecular formula is C44H60N8O6S. The second kappa shape index (κ2) is 17.3. The summed E-state index contributed by atoms with van der Waals surface area (Å²) < 4.78 is 14.5. The van der Waals surface area contributed by atoms with Crippen LogP contribution in [0.25, 0.3) is 33.4 Å². The molecule has 6 heterocycles. The van der Waals surface area contributed by atoms with Gasteiger partial charge >= 0.3 is 5.97 Å². The number of piperazine rings is 1. The summed E-state index contributed by atoms with van der Waals surface area (Å²) in [7, 11) is 3.89. The summed E-state index contributed by atoms with van der Waals surface area (Å²) >= 11 is 1.49. The zero-order valence-electron chi connectivity index (χ0n) is 35.5. The van der Waals surface area contributed by atoms with E-state index in [1.807, 2.05) is 25.4 Å². The Labute approximate surface area is 350 Å². The molecular weight excluding hydrogens is 769 g/mol. The molecule has 1 aliphatic carbocycles. The summed E-state index contributed by atoms with van der Waals surface area (Å²) in [6.45, 7) is 15.7. The Morgan fingerprint density at radius 1 is 1.15 bits per heavy atom. The summed E-state index contributed by atoms with van der Waals surface area (Å²) in [4.78, 5) is 56.1. The zero-order valence-corrected chi connectivity index (χ0v) is 36.3. The van der Waals surface area contributed by atoms with Crippen molar-refractivity contribution in [2.75, 3.05) is 58.4 Å². The number of pyridine rings is 1. The van der Waals surface area contributed by atoms with Gasteiger partial charge in [-0.2, -0.15) is 0 Å². The summed E-state index contributed by atoms with van der Waals surface area (Å²) in [5, 5.41) is 8.46. The number of carbonyl (C=O) groups is 3. The smallest absolute Gasteiger partial charge is 0.324 e. The fourth-order valence-corrected chi connectivity index (χ4v) is 9.65. The van der Waals surface area contributed by atoms with E-state index in [-0.39, 0.29) is 48.3 Å². The average molecular weight is 829 g/mol. The van der Waals surface area contributed by atoms with Gasteiger partial charge in [-0.05, 0) is 76.3 Å². The third kappa shape index (κ3) is 8.76. The molecule has 15 heteroatoms. The number of amides is 2. The molecule has 4 aromatic rings. The van der Waals surface area contributed by atoms with Gasteiger partial charge in [0.15, 0.2) is 0 Å². The minimum Gasteiger partial charge on any atom is -0.464 e. The van der Waals surface area contributed by atoms with Crippen LogP contribution in [0.5, 0.6) is 0 Å². The second-order valence-corrected chi connectivity index (χ2v) is 18.5. The standard InChI is InChI=1S/C44H58N8O5S.H2O/c1-8-51-37-12-11-28-19-31(37)33(40(51)32-20-29(23-45-39(32)27(3)56-7)50-16-14-49(6)15-17-50)22-44(4,5)25-57-43(55)34-10-9-13-52(48-34)42(54)35(21-38-46-36(28)24-58-38)47-41(53)30-18-26(30)2;/h11-12,19-20,23-24,26-27,30,34-35,48H,8-10,13-18,21-22,25H2,1-7H3,(H,47,53);1H2/t26-,27-,30-,34-,35-;/m0./s1. The van der Waals surface area contributed by atoms with Crippen LogP contribution in [0.15, 0.2) is 35.8 Å². The van der Waals surface area contributed by atoms with Gasteiger partial charge in [-0.3, -0.25) is 24.4 Å². The van der Waals surface area contributed by atoms with Gasteiger partial charge in [0.05, 0.1) is 46.7 Å². The fourth-order valence-electron chi connectivity index (χ4n) is 8.80. The third-order valence-electron chi connectivity index (χ3n) is 12.5.